The van der Waals surface area contributed by atoms with Gasteiger partial charge in [0.2, 0.25) is 0 Å². The minimum absolute atomic E-state index is 0.00276. The zero-order valence-corrected chi connectivity index (χ0v) is 9.32. The fraction of sp³-hybridized carbons (Fsp3) is 0.600. The molecular formula is C10H11F2NO2S. The Hall–Kier alpha value is -1.04. The second kappa shape index (κ2) is 4.08. The zero-order chi connectivity index (χ0) is 11.8. The van der Waals surface area contributed by atoms with Crippen LogP contribution in [0.3, 0.4) is 0 Å². The average Bonchev–Trinajstić information content (AvgIpc) is 2.55. The van der Waals surface area contributed by atoms with Crippen LogP contribution in [0.15, 0.2) is 0 Å². The normalized spacial score (nSPS) is 18.1. The fourth-order valence-electron chi connectivity index (χ4n) is 1.72. The smallest absolute Gasteiger partial charge is 0.303 e. The predicted molar refractivity (Wildman–Crippen MR) is 55.0 cm³/mol. The van der Waals surface area contributed by atoms with Crippen LogP contribution in [-0.4, -0.2) is 22.0 Å². The molecule has 0 radical (unpaired) electrons. The lowest BCUT2D eigenvalue weighted by Gasteiger charge is -2.19. The number of fused-ring (bicyclic) bond motifs is 1. The van der Waals surface area contributed by atoms with Crippen LogP contribution < -0.4 is 0 Å². The Morgan fingerprint density at radius 1 is 1.56 bits per heavy atom. The van der Waals surface area contributed by atoms with Crippen molar-refractivity contribution in [3.05, 3.63) is 15.6 Å². The number of thiazole rings is 1. The molecule has 88 valence electrons. The average molecular weight is 247 g/mol. The van der Waals surface area contributed by atoms with Gasteiger partial charge in [-0.15, -0.1) is 11.3 Å². The van der Waals surface area contributed by atoms with Crippen molar-refractivity contribution in [1.82, 2.24) is 4.98 Å². The van der Waals surface area contributed by atoms with Crippen LogP contribution in [-0.2, 0) is 24.1 Å². The molecule has 1 heterocycles. The summed E-state index contributed by atoms with van der Waals surface area (Å²) >= 11 is 1.23. The van der Waals surface area contributed by atoms with Crippen molar-refractivity contribution in [3.63, 3.8) is 0 Å². The standard InChI is InChI=1S/C10H11F2NO2S/c11-10(12)4-3-6-7(5-10)16-8(13-6)1-2-9(14)15/h1-5H2,(H,14,15). The van der Waals surface area contributed by atoms with E-state index in [9.17, 15) is 13.6 Å². The summed E-state index contributed by atoms with van der Waals surface area (Å²) in [5.74, 6) is -3.51. The Bertz CT molecular complexity index is 417. The van der Waals surface area contributed by atoms with Crippen LogP contribution in [0.25, 0.3) is 0 Å². The number of hydrogen-bond donors (Lipinski definition) is 1. The molecule has 1 N–H and O–H groups in total. The third-order valence-electron chi connectivity index (χ3n) is 2.52. The number of rotatable bonds is 3. The van der Waals surface area contributed by atoms with Crippen LogP contribution in [0.5, 0.6) is 0 Å². The first-order valence-corrected chi connectivity index (χ1v) is 5.85. The molecule has 0 saturated heterocycles. The highest BCUT2D eigenvalue weighted by Crippen LogP contribution is 2.35. The number of carboxylic acid groups (broad SMARTS) is 1. The van der Waals surface area contributed by atoms with Crippen molar-refractivity contribution in [2.24, 2.45) is 0 Å². The number of aliphatic carboxylic acids is 1. The second-order valence-electron chi connectivity index (χ2n) is 3.90. The van der Waals surface area contributed by atoms with Gasteiger partial charge in [0, 0.05) is 24.1 Å². The molecule has 6 heteroatoms. The van der Waals surface area contributed by atoms with E-state index in [0.717, 1.165) is 5.69 Å². The van der Waals surface area contributed by atoms with Gasteiger partial charge in [-0.3, -0.25) is 4.79 Å². The molecule has 16 heavy (non-hydrogen) atoms. The van der Waals surface area contributed by atoms with Gasteiger partial charge < -0.3 is 5.11 Å². The van der Waals surface area contributed by atoms with E-state index in [2.05, 4.69) is 4.98 Å². The van der Waals surface area contributed by atoms with E-state index in [-0.39, 0.29) is 19.3 Å². The molecule has 0 amide bonds. The van der Waals surface area contributed by atoms with Crippen LogP contribution in [0.4, 0.5) is 8.78 Å². The van der Waals surface area contributed by atoms with E-state index >= 15 is 0 Å². The number of alkyl halides is 2. The minimum atomic E-state index is -2.62. The number of carbonyl (C=O) groups is 1. The van der Waals surface area contributed by atoms with Gasteiger partial charge in [0.15, 0.2) is 0 Å². The van der Waals surface area contributed by atoms with Gasteiger partial charge in [0.25, 0.3) is 5.92 Å². The first-order valence-electron chi connectivity index (χ1n) is 5.03. The van der Waals surface area contributed by atoms with Crippen LogP contribution >= 0.6 is 11.3 Å². The number of halogens is 2. The van der Waals surface area contributed by atoms with E-state index in [1.165, 1.54) is 11.3 Å². The van der Waals surface area contributed by atoms with Gasteiger partial charge in [-0.2, -0.15) is 0 Å². The number of hydrogen-bond acceptors (Lipinski definition) is 3. The quantitative estimate of drug-likeness (QED) is 0.891. The third-order valence-corrected chi connectivity index (χ3v) is 3.68. The summed E-state index contributed by atoms with van der Waals surface area (Å²) < 4.78 is 26.2. The lowest BCUT2D eigenvalue weighted by Crippen LogP contribution is -2.24. The maximum atomic E-state index is 13.1. The minimum Gasteiger partial charge on any atom is -0.481 e. The molecule has 1 aliphatic carbocycles. The van der Waals surface area contributed by atoms with Crippen LogP contribution in [0.1, 0.15) is 28.4 Å². The maximum absolute atomic E-state index is 13.1. The van der Waals surface area contributed by atoms with Gasteiger partial charge in [-0.05, 0) is 6.42 Å². The van der Waals surface area contributed by atoms with Crippen molar-refractivity contribution in [1.29, 1.82) is 0 Å². The van der Waals surface area contributed by atoms with Gasteiger partial charge in [-0.1, -0.05) is 0 Å². The Morgan fingerprint density at radius 3 is 3.00 bits per heavy atom. The van der Waals surface area contributed by atoms with E-state index < -0.39 is 11.9 Å². The van der Waals surface area contributed by atoms with E-state index in [1.54, 1.807) is 0 Å². The fourth-order valence-corrected chi connectivity index (χ4v) is 2.91. The molecule has 0 atom stereocenters. The molecule has 2 rings (SSSR count). The van der Waals surface area contributed by atoms with Crippen LogP contribution in [0.2, 0.25) is 0 Å². The van der Waals surface area contributed by atoms with Crippen molar-refractivity contribution in [3.8, 4) is 0 Å². The Balaban J connectivity index is 2.09. The van der Waals surface area contributed by atoms with Crippen LogP contribution in [0, 0.1) is 0 Å². The predicted octanol–water partition coefficient (Wildman–Crippen LogP) is 2.28. The topological polar surface area (TPSA) is 50.2 Å². The summed E-state index contributed by atoms with van der Waals surface area (Å²) in [5.41, 5.74) is 0.733. The van der Waals surface area contributed by atoms with E-state index in [0.29, 0.717) is 22.7 Å². The number of nitrogens with zero attached hydrogens (tertiary/aromatic N) is 1. The summed E-state index contributed by atoms with van der Waals surface area (Å²) in [6, 6.07) is 0. The number of carboxylic acids is 1. The molecular weight excluding hydrogens is 236 g/mol. The Labute approximate surface area is 95.1 Å². The summed E-state index contributed by atoms with van der Waals surface area (Å²) in [7, 11) is 0. The van der Waals surface area contributed by atoms with E-state index in [4.69, 9.17) is 5.11 Å². The van der Waals surface area contributed by atoms with Gasteiger partial charge in [0.1, 0.15) is 0 Å². The molecule has 0 aliphatic heterocycles. The first-order chi connectivity index (χ1) is 7.46. The highest BCUT2D eigenvalue weighted by atomic mass is 32.1. The van der Waals surface area contributed by atoms with Gasteiger partial charge >= 0.3 is 5.97 Å². The monoisotopic (exact) mass is 247 g/mol. The number of aromatic nitrogens is 1. The third kappa shape index (κ3) is 2.55. The largest absolute Gasteiger partial charge is 0.481 e. The Morgan fingerprint density at radius 2 is 2.31 bits per heavy atom. The SMILES string of the molecule is O=C(O)CCc1nc2c(s1)CC(F)(F)CC2. The van der Waals surface area contributed by atoms with Crippen molar-refractivity contribution in [2.45, 2.75) is 38.0 Å². The molecule has 0 spiro atoms. The summed E-state index contributed by atoms with van der Waals surface area (Å²) in [5, 5.41) is 9.18. The molecule has 0 unspecified atom stereocenters. The molecule has 0 bridgehead atoms. The number of aryl methyl sites for hydroxylation is 2. The molecule has 0 aromatic carbocycles. The molecule has 1 aromatic heterocycles. The van der Waals surface area contributed by atoms with Crippen molar-refractivity contribution >= 4 is 17.3 Å². The zero-order valence-electron chi connectivity index (χ0n) is 8.50. The molecule has 3 nitrogen and oxygen atoms in total. The summed E-state index contributed by atoms with van der Waals surface area (Å²) in [6.45, 7) is 0. The Kier molecular flexibility index (Phi) is 2.92. The molecule has 0 fully saturated rings. The highest BCUT2D eigenvalue weighted by Gasteiger charge is 2.35. The van der Waals surface area contributed by atoms with Crippen molar-refractivity contribution in [2.75, 3.05) is 0 Å². The lowest BCUT2D eigenvalue weighted by molar-refractivity contribution is -0.136. The van der Waals surface area contributed by atoms with E-state index in [1.807, 2.05) is 0 Å². The molecule has 1 aliphatic rings. The molecule has 1 aromatic rings. The first kappa shape index (κ1) is 11.4. The highest BCUT2D eigenvalue weighted by molar-refractivity contribution is 7.11. The summed E-state index contributed by atoms with van der Waals surface area (Å²) in [6.07, 6.45) is 0.239. The van der Waals surface area contributed by atoms with Gasteiger partial charge in [0.05, 0.1) is 17.1 Å². The molecule has 0 saturated carbocycles. The van der Waals surface area contributed by atoms with Crippen molar-refractivity contribution < 1.29 is 18.7 Å². The lowest BCUT2D eigenvalue weighted by atomic mass is 9.99. The maximum Gasteiger partial charge on any atom is 0.303 e. The van der Waals surface area contributed by atoms with Gasteiger partial charge in [-0.25, -0.2) is 13.8 Å². The second-order valence-corrected chi connectivity index (χ2v) is 5.07. The summed E-state index contributed by atoms with van der Waals surface area (Å²) in [4.78, 5) is 15.2.